The summed E-state index contributed by atoms with van der Waals surface area (Å²) in [5, 5.41) is 24.6. The number of aromatic carboxylic acids is 2. The lowest BCUT2D eigenvalue weighted by atomic mass is 10.2. The highest BCUT2D eigenvalue weighted by Crippen LogP contribution is 2.13. The second kappa shape index (κ2) is 4.58. The van der Waals surface area contributed by atoms with Crippen molar-refractivity contribution in [3.05, 3.63) is 41.7 Å². The topological polar surface area (TPSA) is 113 Å². The standard InChI is InChI=1S/C11H7N3O4/c15-10(16)6-1-2-7(12-5-6)8-3-4-9(11(17)18)14-13-8/h1-5H,(H,15,16)(H,17,18). The van der Waals surface area contributed by atoms with E-state index in [1.54, 1.807) is 0 Å². The van der Waals surface area contributed by atoms with Gasteiger partial charge in [-0.1, -0.05) is 0 Å². The molecular formula is C11H7N3O4. The zero-order valence-corrected chi connectivity index (χ0v) is 8.94. The highest BCUT2D eigenvalue weighted by atomic mass is 16.4. The maximum atomic E-state index is 10.6. The van der Waals surface area contributed by atoms with Crippen LogP contribution in [0.25, 0.3) is 11.4 Å². The van der Waals surface area contributed by atoms with Crippen LogP contribution in [0, 0.1) is 0 Å². The minimum atomic E-state index is -1.16. The van der Waals surface area contributed by atoms with Gasteiger partial charge in [-0.25, -0.2) is 9.59 Å². The van der Waals surface area contributed by atoms with Crippen LogP contribution in [-0.4, -0.2) is 37.3 Å². The first kappa shape index (κ1) is 11.6. The Bertz CT molecular complexity index is 537. The third kappa shape index (κ3) is 2.29. The average Bonchev–Trinajstić information content (AvgIpc) is 2.39. The number of carboxylic acid groups (broad SMARTS) is 2. The lowest BCUT2D eigenvalue weighted by Crippen LogP contribution is -2.03. The number of nitrogens with zero attached hydrogens (tertiary/aromatic N) is 3. The van der Waals surface area contributed by atoms with Crippen LogP contribution < -0.4 is 0 Å². The third-order valence-corrected chi connectivity index (χ3v) is 2.16. The van der Waals surface area contributed by atoms with Gasteiger partial charge in [0.1, 0.15) is 5.69 Å². The van der Waals surface area contributed by atoms with E-state index in [4.69, 9.17) is 10.2 Å². The number of rotatable bonds is 3. The molecule has 0 aliphatic carbocycles. The number of aromatic nitrogens is 3. The monoisotopic (exact) mass is 245 g/mol. The largest absolute Gasteiger partial charge is 0.478 e. The molecule has 0 aliphatic heterocycles. The Morgan fingerprint density at radius 3 is 2.06 bits per heavy atom. The molecule has 0 saturated heterocycles. The molecule has 18 heavy (non-hydrogen) atoms. The van der Waals surface area contributed by atoms with Gasteiger partial charge in [0.25, 0.3) is 0 Å². The predicted octanol–water partition coefficient (Wildman–Crippen LogP) is 0.935. The van der Waals surface area contributed by atoms with E-state index in [2.05, 4.69) is 15.2 Å². The molecule has 7 nitrogen and oxygen atoms in total. The molecule has 0 radical (unpaired) electrons. The fourth-order valence-electron chi connectivity index (χ4n) is 1.25. The zero-order valence-electron chi connectivity index (χ0n) is 8.94. The van der Waals surface area contributed by atoms with Gasteiger partial charge in [0, 0.05) is 6.20 Å². The van der Waals surface area contributed by atoms with Crippen molar-refractivity contribution in [3.8, 4) is 11.4 Å². The Labute approximate surface area is 101 Å². The number of pyridine rings is 1. The van der Waals surface area contributed by atoms with E-state index in [1.807, 2.05) is 0 Å². The van der Waals surface area contributed by atoms with E-state index in [9.17, 15) is 9.59 Å². The molecular weight excluding hydrogens is 238 g/mol. The minimum Gasteiger partial charge on any atom is -0.478 e. The van der Waals surface area contributed by atoms with E-state index in [1.165, 1.54) is 30.5 Å². The van der Waals surface area contributed by atoms with E-state index < -0.39 is 11.9 Å². The quantitative estimate of drug-likeness (QED) is 0.826. The second-order valence-corrected chi connectivity index (χ2v) is 3.35. The summed E-state index contributed by atoms with van der Waals surface area (Å²) >= 11 is 0. The summed E-state index contributed by atoms with van der Waals surface area (Å²) in [4.78, 5) is 25.1. The summed E-state index contributed by atoms with van der Waals surface area (Å²) in [7, 11) is 0. The molecule has 2 aromatic heterocycles. The zero-order chi connectivity index (χ0) is 13.1. The van der Waals surface area contributed by atoms with Crippen LogP contribution in [0.2, 0.25) is 0 Å². The predicted molar refractivity (Wildman–Crippen MR) is 59.2 cm³/mol. The molecule has 7 heteroatoms. The van der Waals surface area contributed by atoms with Crippen LogP contribution in [-0.2, 0) is 0 Å². The lowest BCUT2D eigenvalue weighted by molar-refractivity contribution is 0.0681. The van der Waals surface area contributed by atoms with Crippen LogP contribution in [0.15, 0.2) is 30.5 Å². The van der Waals surface area contributed by atoms with Gasteiger partial charge in [-0.05, 0) is 24.3 Å². The van der Waals surface area contributed by atoms with E-state index >= 15 is 0 Å². The van der Waals surface area contributed by atoms with Crippen molar-refractivity contribution in [1.29, 1.82) is 0 Å². The van der Waals surface area contributed by atoms with Crippen molar-refractivity contribution in [3.63, 3.8) is 0 Å². The van der Waals surface area contributed by atoms with Gasteiger partial charge >= 0.3 is 11.9 Å². The maximum absolute atomic E-state index is 10.6. The number of hydrogen-bond donors (Lipinski definition) is 2. The Morgan fingerprint density at radius 2 is 1.61 bits per heavy atom. The minimum absolute atomic E-state index is 0.0638. The van der Waals surface area contributed by atoms with Gasteiger partial charge in [-0.2, -0.15) is 0 Å². The molecule has 2 heterocycles. The summed E-state index contributed by atoms with van der Waals surface area (Å²) < 4.78 is 0. The van der Waals surface area contributed by atoms with Crippen LogP contribution >= 0.6 is 0 Å². The van der Waals surface area contributed by atoms with Gasteiger partial charge < -0.3 is 10.2 Å². The van der Waals surface area contributed by atoms with Crippen molar-refractivity contribution in [2.75, 3.05) is 0 Å². The first-order valence-corrected chi connectivity index (χ1v) is 4.84. The molecule has 0 saturated carbocycles. The first-order valence-electron chi connectivity index (χ1n) is 4.84. The summed E-state index contributed by atoms with van der Waals surface area (Å²) in [6.45, 7) is 0. The van der Waals surface area contributed by atoms with Crippen molar-refractivity contribution in [1.82, 2.24) is 15.2 Å². The van der Waals surface area contributed by atoms with Gasteiger partial charge in [0.2, 0.25) is 0 Å². The van der Waals surface area contributed by atoms with Gasteiger partial charge in [-0.15, -0.1) is 10.2 Å². The van der Waals surface area contributed by atoms with Gasteiger partial charge in [-0.3, -0.25) is 4.98 Å². The molecule has 0 aliphatic rings. The molecule has 90 valence electrons. The fraction of sp³-hybridized carbons (Fsp3) is 0. The molecule has 0 aromatic carbocycles. The summed E-state index contributed by atoms with van der Waals surface area (Å²) in [6.07, 6.45) is 1.20. The van der Waals surface area contributed by atoms with Crippen LogP contribution in [0.1, 0.15) is 20.8 Å². The molecule has 0 unspecified atom stereocenters. The Kier molecular flexibility index (Phi) is 2.96. The van der Waals surface area contributed by atoms with Crippen LogP contribution in [0.3, 0.4) is 0 Å². The molecule has 0 fully saturated rings. The molecule has 2 N–H and O–H groups in total. The molecule has 0 amide bonds. The van der Waals surface area contributed by atoms with Crippen molar-refractivity contribution < 1.29 is 19.8 Å². The normalized spacial score (nSPS) is 10.0. The lowest BCUT2D eigenvalue weighted by Gasteiger charge is -2.00. The Morgan fingerprint density at radius 1 is 0.889 bits per heavy atom. The summed E-state index contributed by atoms with van der Waals surface area (Å²) in [6, 6.07) is 5.63. The number of carbonyl (C=O) groups is 2. The van der Waals surface area contributed by atoms with E-state index in [0.29, 0.717) is 11.4 Å². The SMILES string of the molecule is O=C(O)c1ccc(-c2ccc(C(=O)O)nn2)nc1. The van der Waals surface area contributed by atoms with Gasteiger partial charge in [0.15, 0.2) is 5.69 Å². The molecule has 0 atom stereocenters. The molecule has 0 spiro atoms. The first-order chi connectivity index (χ1) is 8.58. The molecule has 2 aromatic rings. The fourth-order valence-corrected chi connectivity index (χ4v) is 1.25. The average molecular weight is 245 g/mol. The highest BCUT2D eigenvalue weighted by Gasteiger charge is 2.08. The summed E-state index contributed by atoms with van der Waals surface area (Å²) in [5.41, 5.74) is 0.691. The van der Waals surface area contributed by atoms with Gasteiger partial charge in [0.05, 0.1) is 11.3 Å². The second-order valence-electron chi connectivity index (χ2n) is 3.35. The van der Waals surface area contributed by atoms with E-state index in [-0.39, 0.29) is 11.3 Å². The number of hydrogen-bond acceptors (Lipinski definition) is 5. The van der Waals surface area contributed by atoms with Crippen molar-refractivity contribution in [2.45, 2.75) is 0 Å². The smallest absolute Gasteiger partial charge is 0.356 e. The van der Waals surface area contributed by atoms with E-state index in [0.717, 1.165) is 0 Å². The highest BCUT2D eigenvalue weighted by molar-refractivity contribution is 5.87. The third-order valence-electron chi connectivity index (χ3n) is 2.16. The molecule has 2 rings (SSSR count). The Hall–Kier alpha value is -2.83. The van der Waals surface area contributed by atoms with Crippen LogP contribution in [0.4, 0.5) is 0 Å². The summed E-state index contributed by atoms with van der Waals surface area (Å²) in [5.74, 6) is -2.23. The Balaban J connectivity index is 2.31. The molecule has 0 bridgehead atoms. The number of carboxylic acids is 2. The van der Waals surface area contributed by atoms with Crippen molar-refractivity contribution in [2.24, 2.45) is 0 Å². The van der Waals surface area contributed by atoms with Crippen LogP contribution in [0.5, 0.6) is 0 Å². The van der Waals surface area contributed by atoms with Crippen molar-refractivity contribution >= 4 is 11.9 Å². The maximum Gasteiger partial charge on any atom is 0.356 e.